The zero-order chi connectivity index (χ0) is 14.7. The Morgan fingerprint density at radius 3 is 2.21 bits per heavy atom. The lowest BCUT2D eigenvalue weighted by molar-refractivity contribution is -0.147. The lowest BCUT2D eigenvalue weighted by atomic mass is 9.87. The van der Waals surface area contributed by atoms with E-state index in [1.54, 1.807) is 19.1 Å². The highest BCUT2D eigenvalue weighted by molar-refractivity contribution is 7.90. The topological polar surface area (TPSA) is 83.5 Å². The molecule has 0 amide bonds. The Kier molecular flexibility index (Phi) is 4.57. The van der Waals surface area contributed by atoms with E-state index in [0.717, 1.165) is 6.26 Å². The lowest BCUT2D eigenvalue weighted by Crippen LogP contribution is -2.34. The molecule has 0 fully saturated rings. The zero-order valence-electron chi connectivity index (χ0n) is 11.3. The number of nitrogens with one attached hydrogen (secondary N) is 1. The van der Waals surface area contributed by atoms with E-state index < -0.39 is 21.2 Å². The van der Waals surface area contributed by atoms with Crippen molar-refractivity contribution in [3.63, 3.8) is 0 Å². The van der Waals surface area contributed by atoms with Gasteiger partial charge in [0.2, 0.25) is 0 Å². The van der Waals surface area contributed by atoms with Crippen LogP contribution in [0.15, 0.2) is 29.2 Å². The summed E-state index contributed by atoms with van der Waals surface area (Å²) in [6, 6.07) is 6.27. The number of benzene rings is 1. The molecule has 6 heteroatoms. The first-order chi connectivity index (χ1) is 8.69. The van der Waals surface area contributed by atoms with Gasteiger partial charge in [-0.25, -0.2) is 8.42 Å². The minimum atomic E-state index is -3.20. The molecule has 0 spiro atoms. The number of carboxylic acid groups (broad SMARTS) is 1. The van der Waals surface area contributed by atoms with Crippen molar-refractivity contribution >= 4 is 21.5 Å². The molecule has 1 aromatic rings. The second-order valence-corrected chi connectivity index (χ2v) is 6.89. The molecule has 1 unspecified atom stereocenters. The molecule has 0 radical (unpaired) electrons. The fraction of sp³-hybridized carbons (Fsp3) is 0.462. The van der Waals surface area contributed by atoms with E-state index in [2.05, 4.69) is 5.32 Å². The van der Waals surface area contributed by atoms with Crippen LogP contribution in [0.5, 0.6) is 0 Å². The Morgan fingerprint density at radius 2 is 1.84 bits per heavy atom. The number of rotatable bonds is 6. The van der Waals surface area contributed by atoms with Crippen LogP contribution < -0.4 is 5.32 Å². The van der Waals surface area contributed by atoms with Crippen LogP contribution in [0.25, 0.3) is 0 Å². The predicted octanol–water partition coefficient (Wildman–Crippen LogP) is 2.00. The minimum Gasteiger partial charge on any atom is -0.481 e. The highest BCUT2D eigenvalue weighted by Gasteiger charge is 2.30. The van der Waals surface area contributed by atoms with E-state index in [4.69, 9.17) is 5.11 Å². The third-order valence-corrected chi connectivity index (χ3v) is 4.39. The monoisotopic (exact) mass is 285 g/mol. The van der Waals surface area contributed by atoms with Crippen LogP contribution in [0.4, 0.5) is 5.69 Å². The Hall–Kier alpha value is -1.56. The molecule has 2 N–H and O–H groups in total. The van der Waals surface area contributed by atoms with Crippen molar-refractivity contribution in [2.24, 2.45) is 5.41 Å². The lowest BCUT2D eigenvalue weighted by Gasteiger charge is -2.23. The molecule has 19 heavy (non-hydrogen) atoms. The van der Waals surface area contributed by atoms with Crippen LogP contribution in [-0.4, -0.2) is 32.3 Å². The van der Waals surface area contributed by atoms with Gasteiger partial charge in [0.15, 0.2) is 9.84 Å². The maximum absolute atomic E-state index is 11.3. The summed E-state index contributed by atoms with van der Waals surface area (Å²) in [6.45, 7) is 3.78. The van der Waals surface area contributed by atoms with Crippen molar-refractivity contribution in [3.8, 4) is 0 Å². The number of sulfone groups is 1. The van der Waals surface area contributed by atoms with Gasteiger partial charge in [0, 0.05) is 18.5 Å². The first kappa shape index (κ1) is 15.5. The predicted molar refractivity (Wildman–Crippen MR) is 74.1 cm³/mol. The molecule has 0 aliphatic heterocycles. The number of carboxylic acids is 1. The third-order valence-electron chi connectivity index (χ3n) is 3.26. The maximum Gasteiger partial charge on any atom is 0.311 e. The fourth-order valence-corrected chi connectivity index (χ4v) is 2.10. The summed E-state index contributed by atoms with van der Waals surface area (Å²) >= 11 is 0. The van der Waals surface area contributed by atoms with Crippen LogP contribution in [0.2, 0.25) is 0 Å². The Bertz CT molecular complexity index is 551. The van der Waals surface area contributed by atoms with Gasteiger partial charge in [-0.3, -0.25) is 4.79 Å². The van der Waals surface area contributed by atoms with Crippen LogP contribution in [-0.2, 0) is 14.6 Å². The normalized spacial score (nSPS) is 14.7. The summed E-state index contributed by atoms with van der Waals surface area (Å²) in [4.78, 5) is 11.4. The molecule has 0 saturated carbocycles. The highest BCUT2D eigenvalue weighted by Crippen LogP contribution is 2.22. The van der Waals surface area contributed by atoms with E-state index in [1.165, 1.54) is 12.1 Å². The van der Waals surface area contributed by atoms with Gasteiger partial charge in [-0.15, -0.1) is 0 Å². The summed E-state index contributed by atoms with van der Waals surface area (Å²) in [6.07, 6.45) is 1.66. The van der Waals surface area contributed by atoms with Gasteiger partial charge in [-0.2, -0.15) is 0 Å². The molecule has 106 valence electrons. The first-order valence-corrected chi connectivity index (χ1v) is 7.85. The van der Waals surface area contributed by atoms with Crippen molar-refractivity contribution in [2.45, 2.75) is 25.2 Å². The molecule has 5 nitrogen and oxygen atoms in total. The second kappa shape index (κ2) is 5.61. The van der Waals surface area contributed by atoms with Gasteiger partial charge in [0.05, 0.1) is 10.3 Å². The Morgan fingerprint density at radius 1 is 1.32 bits per heavy atom. The van der Waals surface area contributed by atoms with Crippen LogP contribution in [0.3, 0.4) is 0 Å². The van der Waals surface area contributed by atoms with Crippen molar-refractivity contribution in [1.29, 1.82) is 0 Å². The molecule has 1 rings (SSSR count). The molecular weight excluding hydrogens is 266 g/mol. The SMILES string of the molecule is CCC(C)(CNc1ccc(S(C)(=O)=O)cc1)C(=O)O. The van der Waals surface area contributed by atoms with Gasteiger partial charge >= 0.3 is 5.97 Å². The fourth-order valence-electron chi connectivity index (χ4n) is 1.47. The summed E-state index contributed by atoms with van der Waals surface area (Å²) < 4.78 is 22.6. The molecule has 0 heterocycles. The minimum absolute atomic E-state index is 0.245. The molecule has 0 aliphatic carbocycles. The van der Waals surface area contributed by atoms with Crippen molar-refractivity contribution in [3.05, 3.63) is 24.3 Å². The number of aliphatic carboxylic acids is 1. The van der Waals surface area contributed by atoms with Crippen LogP contribution in [0.1, 0.15) is 20.3 Å². The molecule has 0 aromatic heterocycles. The standard InChI is InChI=1S/C13H19NO4S/c1-4-13(2,12(15)16)9-14-10-5-7-11(8-6-10)19(3,17)18/h5-8,14H,4,9H2,1-3H3,(H,15,16). The number of hydrogen-bond acceptors (Lipinski definition) is 4. The van der Waals surface area contributed by atoms with Gasteiger partial charge < -0.3 is 10.4 Å². The highest BCUT2D eigenvalue weighted by atomic mass is 32.2. The molecule has 0 saturated heterocycles. The molecule has 1 aromatic carbocycles. The van der Waals surface area contributed by atoms with E-state index >= 15 is 0 Å². The molecule has 1 atom stereocenters. The molecular formula is C13H19NO4S. The van der Waals surface area contributed by atoms with Gasteiger partial charge in [-0.05, 0) is 37.6 Å². The van der Waals surface area contributed by atoms with E-state index in [9.17, 15) is 13.2 Å². The first-order valence-electron chi connectivity index (χ1n) is 5.96. The number of hydrogen-bond donors (Lipinski definition) is 2. The smallest absolute Gasteiger partial charge is 0.311 e. The van der Waals surface area contributed by atoms with Crippen LogP contribution in [0, 0.1) is 5.41 Å². The van der Waals surface area contributed by atoms with Crippen molar-refractivity contribution in [2.75, 3.05) is 18.1 Å². The van der Waals surface area contributed by atoms with Crippen molar-refractivity contribution < 1.29 is 18.3 Å². The second-order valence-electron chi connectivity index (χ2n) is 4.87. The van der Waals surface area contributed by atoms with E-state index in [0.29, 0.717) is 12.1 Å². The largest absolute Gasteiger partial charge is 0.481 e. The summed E-state index contributed by atoms with van der Waals surface area (Å²) in [7, 11) is -3.20. The summed E-state index contributed by atoms with van der Waals surface area (Å²) in [5.41, 5.74) is -0.136. The van der Waals surface area contributed by atoms with Gasteiger partial charge in [0.1, 0.15) is 0 Å². The Labute approximate surface area is 113 Å². The summed E-state index contributed by atoms with van der Waals surface area (Å²) in [5.74, 6) is -0.852. The number of anilines is 1. The maximum atomic E-state index is 11.3. The van der Waals surface area contributed by atoms with E-state index in [1.807, 2.05) is 6.92 Å². The van der Waals surface area contributed by atoms with Crippen LogP contribution >= 0.6 is 0 Å². The molecule has 0 aliphatic rings. The van der Waals surface area contributed by atoms with E-state index in [-0.39, 0.29) is 11.4 Å². The number of carbonyl (C=O) groups is 1. The quantitative estimate of drug-likeness (QED) is 0.835. The summed E-state index contributed by atoms with van der Waals surface area (Å²) in [5, 5.41) is 12.2. The third kappa shape index (κ3) is 3.96. The average Bonchev–Trinajstić information content (AvgIpc) is 2.35. The molecule has 0 bridgehead atoms. The van der Waals surface area contributed by atoms with Gasteiger partial charge in [-0.1, -0.05) is 6.92 Å². The zero-order valence-corrected chi connectivity index (χ0v) is 12.1. The van der Waals surface area contributed by atoms with Gasteiger partial charge in [0.25, 0.3) is 0 Å². The average molecular weight is 285 g/mol. The Balaban J connectivity index is 2.77. The van der Waals surface area contributed by atoms with Crippen molar-refractivity contribution in [1.82, 2.24) is 0 Å².